The van der Waals surface area contributed by atoms with Crippen LogP contribution in [0.15, 0.2) is 151 Å². The standard InChI is InChI=1S/C48H42N2/c1-47(2)38-18-10-13-21-44(38)50-45-27-24-33(28-39(45)48(3,4)41-30-34(29-40(47)46(41)50)31-14-6-5-7-15-31)32-22-25-35(26-23-32)49-42-19-11-8-16-36(42)37-17-9-12-20-43(37)49/h5-12,14-20,22,24-30,32H,13,21,23H2,1-4H3. The molecule has 1 aromatic heterocycles. The van der Waals surface area contributed by atoms with Gasteiger partial charge in [-0.05, 0) is 94.6 Å². The Bertz CT molecular complexity index is 2460. The largest absolute Gasteiger partial charge is 0.313 e. The van der Waals surface area contributed by atoms with Gasteiger partial charge in [0.05, 0.1) is 16.7 Å². The summed E-state index contributed by atoms with van der Waals surface area (Å²) in [5, 5.41) is 2.62. The molecule has 0 fully saturated rings. The highest BCUT2D eigenvalue weighted by molar-refractivity contribution is 6.10. The number of para-hydroxylation sites is 2. The quantitative estimate of drug-likeness (QED) is 0.186. The van der Waals surface area contributed by atoms with E-state index in [0.29, 0.717) is 5.92 Å². The first-order valence-electron chi connectivity index (χ1n) is 18.3. The lowest BCUT2D eigenvalue weighted by Crippen LogP contribution is -2.41. The van der Waals surface area contributed by atoms with Gasteiger partial charge in [0.2, 0.25) is 0 Å². The molecule has 0 amide bonds. The molecule has 2 nitrogen and oxygen atoms in total. The summed E-state index contributed by atoms with van der Waals surface area (Å²) in [6.45, 7) is 9.77. The van der Waals surface area contributed by atoms with E-state index in [9.17, 15) is 0 Å². The summed E-state index contributed by atoms with van der Waals surface area (Å²) in [4.78, 5) is 2.66. The fourth-order valence-corrected chi connectivity index (χ4v) is 9.47. The Morgan fingerprint density at radius 3 is 2.02 bits per heavy atom. The molecule has 2 aliphatic heterocycles. The number of benzene rings is 5. The van der Waals surface area contributed by atoms with Crippen LogP contribution in [-0.4, -0.2) is 4.57 Å². The third-order valence-corrected chi connectivity index (χ3v) is 12.2. The molecule has 0 spiro atoms. The number of aromatic nitrogens is 1. The second-order valence-corrected chi connectivity index (χ2v) is 15.6. The molecule has 50 heavy (non-hydrogen) atoms. The van der Waals surface area contributed by atoms with Crippen LogP contribution in [-0.2, 0) is 10.8 Å². The Morgan fingerprint density at radius 1 is 0.640 bits per heavy atom. The molecule has 5 aromatic carbocycles. The van der Waals surface area contributed by atoms with Gasteiger partial charge in [-0.1, -0.05) is 131 Å². The van der Waals surface area contributed by atoms with Gasteiger partial charge >= 0.3 is 0 Å². The molecule has 10 rings (SSSR count). The van der Waals surface area contributed by atoms with Crippen molar-refractivity contribution in [2.45, 2.75) is 63.7 Å². The topological polar surface area (TPSA) is 8.17 Å². The number of hydrogen-bond acceptors (Lipinski definition) is 1. The first-order chi connectivity index (χ1) is 24.3. The van der Waals surface area contributed by atoms with E-state index in [2.05, 4.69) is 177 Å². The average molecular weight is 647 g/mol. The van der Waals surface area contributed by atoms with Crippen molar-refractivity contribution in [2.75, 3.05) is 4.90 Å². The number of anilines is 2. The van der Waals surface area contributed by atoms with E-state index in [0.717, 1.165) is 19.3 Å². The molecule has 0 saturated heterocycles. The number of rotatable bonds is 3. The van der Waals surface area contributed by atoms with Gasteiger partial charge in [-0.3, -0.25) is 0 Å². The van der Waals surface area contributed by atoms with Crippen molar-refractivity contribution >= 4 is 38.9 Å². The van der Waals surface area contributed by atoms with Crippen LogP contribution in [0.5, 0.6) is 0 Å². The molecule has 6 aromatic rings. The summed E-state index contributed by atoms with van der Waals surface area (Å²) in [6.07, 6.45) is 15.2. The molecular formula is C48H42N2. The number of allylic oxidation sites excluding steroid dienone is 8. The third kappa shape index (κ3) is 4.08. The van der Waals surface area contributed by atoms with E-state index < -0.39 is 0 Å². The Labute approximate surface area is 295 Å². The lowest BCUT2D eigenvalue weighted by Gasteiger charge is -2.51. The van der Waals surface area contributed by atoms with Crippen LogP contribution in [0.3, 0.4) is 0 Å². The molecule has 2 aliphatic carbocycles. The molecule has 0 N–H and O–H groups in total. The molecule has 244 valence electrons. The van der Waals surface area contributed by atoms with Crippen molar-refractivity contribution in [1.82, 2.24) is 4.57 Å². The highest BCUT2D eigenvalue weighted by Crippen LogP contribution is 2.60. The summed E-state index contributed by atoms with van der Waals surface area (Å²) < 4.78 is 2.44. The lowest BCUT2D eigenvalue weighted by atomic mass is 9.64. The van der Waals surface area contributed by atoms with Crippen LogP contribution >= 0.6 is 0 Å². The van der Waals surface area contributed by atoms with Crippen molar-refractivity contribution < 1.29 is 0 Å². The van der Waals surface area contributed by atoms with E-state index >= 15 is 0 Å². The normalized spacial score (nSPS) is 19.7. The number of fused-ring (bicyclic) bond motifs is 6. The summed E-state index contributed by atoms with van der Waals surface area (Å²) in [7, 11) is 0. The first-order valence-corrected chi connectivity index (χ1v) is 18.3. The van der Waals surface area contributed by atoms with Gasteiger partial charge in [-0.15, -0.1) is 0 Å². The number of nitrogens with zero attached hydrogens (tertiary/aromatic N) is 2. The van der Waals surface area contributed by atoms with Gasteiger partial charge in [-0.25, -0.2) is 0 Å². The fourth-order valence-electron chi connectivity index (χ4n) is 9.47. The van der Waals surface area contributed by atoms with E-state index in [-0.39, 0.29) is 10.8 Å². The zero-order valence-corrected chi connectivity index (χ0v) is 29.4. The second kappa shape index (κ2) is 10.6. The molecule has 2 heteroatoms. The molecular weight excluding hydrogens is 605 g/mol. The highest BCUT2D eigenvalue weighted by atomic mass is 15.2. The maximum Gasteiger partial charge on any atom is 0.0540 e. The van der Waals surface area contributed by atoms with E-state index in [1.165, 1.54) is 83.5 Å². The van der Waals surface area contributed by atoms with Crippen LogP contribution in [0, 0.1) is 0 Å². The molecule has 1 atom stereocenters. The van der Waals surface area contributed by atoms with Crippen LogP contribution in [0.4, 0.5) is 11.4 Å². The lowest BCUT2D eigenvalue weighted by molar-refractivity contribution is 0.576. The average Bonchev–Trinajstić information content (AvgIpc) is 3.49. The Kier molecular flexibility index (Phi) is 6.26. The van der Waals surface area contributed by atoms with Gasteiger partial charge in [-0.2, -0.15) is 0 Å². The first kappa shape index (κ1) is 29.6. The maximum absolute atomic E-state index is 2.66. The van der Waals surface area contributed by atoms with Crippen molar-refractivity contribution in [1.29, 1.82) is 0 Å². The summed E-state index contributed by atoms with van der Waals surface area (Å²) in [6, 6.07) is 40.9. The molecule has 0 bridgehead atoms. The van der Waals surface area contributed by atoms with Gasteiger partial charge in [0.1, 0.15) is 0 Å². The van der Waals surface area contributed by atoms with Crippen LogP contribution in [0.25, 0.3) is 38.6 Å². The van der Waals surface area contributed by atoms with Crippen molar-refractivity contribution in [3.8, 4) is 11.1 Å². The third-order valence-electron chi connectivity index (χ3n) is 12.2. The molecule has 4 aliphatic rings. The van der Waals surface area contributed by atoms with E-state index in [1.807, 2.05) is 0 Å². The minimum absolute atomic E-state index is 0.0849. The van der Waals surface area contributed by atoms with E-state index in [4.69, 9.17) is 0 Å². The molecule has 1 unspecified atom stereocenters. The Hall–Kier alpha value is -5.34. The van der Waals surface area contributed by atoms with Crippen LogP contribution in [0.1, 0.15) is 75.1 Å². The molecule has 3 heterocycles. The van der Waals surface area contributed by atoms with Gasteiger partial charge < -0.3 is 9.47 Å². The minimum atomic E-state index is -0.169. The predicted molar refractivity (Wildman–Crippen MR) is 211 cm³/mol. The summed E-state index contributed by atoms with van der Waals surface area (Å²) in [5.74, 6) is 0.327. The van der Waals surface area contributed by atoms with Crippen molar-refractivity contribution in [3.63, 3.8) is 0 Å². The summed E-state index contributed by atoms with van der Waals surface area (Å²) in [5.41, 5.74) is 17.5. The van der Waals surface area contributed by atoms with Crippen molar-refractivity contribution in [2.24, 2.45) is 0 Å². The maximum atomic E-state index is 2.66. The van der Waals surface area contributed by atoms with E-state index in [1.54, 1.807) is 0 Å². The Morgan fingerprint density at radius 2 is 1.32 bits per heavy atom. The molecule has 0 saturated carbocycles. The SMILES string of the molecule is CC1(C)C2=C(CCC=C2)N2c3ccc(C4C=CC(n5c6ccccc6c6ccccc65)=CC4)cc3C(C)(C)c3cc(-c4ccccc4)cc1c32. The smallest absolute Gasteiger partial charge is 0.0540 e. The van der Waals surface area contributed by atoms with Crippen LogP contribution < -0.4 is 4.90 Å². The number of hydrogen-bond donors (Lipinski definition) is 0. The summed E-state index contributed by atoms with van der Waals surface area (Å²) >= 11 is 0. The predicted octanol–water partition coefficient (Wildman–Crippen LogP) is 12.7. The Balaban J connectivity index is 1.09. The highest BCUT2D eigenvalue weighted by Gasteiger charge is 2.46. The van der Waals surface area contributed by atoms with Crippen molar-refractivity contribution in [3.05, 3.63) is 173 Å². The minimum Gasteiger partial charge on any atom is -0.313 e. The zero-order chi connectivity index (χ0) is 33.8. The van der Waals surface area contributed by atoms with Gasteiger partial charge in [0.15, 0.2) is 0 Å². The molecule has 0 radical (unpaired) electrons. The van der Waals surface area contributed by atoms with Crippen LogP contribution in [0.2, 0.25) is 0 Å². The zero-order valence-electron chi connectivity index (χ0n) is 29.4. The monoisotopic (exact) mass is 646 g/mol. The second-order valence-electron chi connectivity index (χ2n) is 15.6. The fraction of sp³-hybridized carbons (Fsp3) is 0.208. The van der Waals surface area contributed by atoms with Gasteiger partial charge in [0, 0.05) is 44.6 Å². The van der Waals surface area contributed by atoms with Gasteiger partial charge in [0.25, 0.3) is 0 Å².